The van der Waals surface area contributed by atoms with E-state index in [-0.39, 0.29) is 23.3 Å². The van der Waals surface area contributed by atoms with Crippen LogP contribution in [-0.4, -0.2) is 47.7 Å². The van der Waals surface area contributed by atoms with Crippen molar-refractivity contribution in [3.8, 4) is 0 Å². The van der Waals surface area contributed by atoms with Crippen molar-refractivity contribution in [3.05, 3.63) is 35.4 Å². The zero-order chi connectivity index (χ0) is 19.5. The molecule has 3 unspecified atom stereocenters. The number of amides is 1. The predicted octanol–water partition coefficient (Wildman–Crippen LogP) is 3.15. The van der Waals surface area contributed by atoms with Gasteiger partial charge in [-0.2, -0.15) is 0 Å². The molecule has 0 spiro atoms. The maximum absolute atomic E-state index is 13.7. The minimum atomic E-state index is -0.973. The number of ether oxygens (including phenoxy) is 1. The van der Waals surface area contributed by atoms with E-state index in [9.17, 15) is 14.7 Å². The minimum absolute atomic E-state index is 0.117. The van der Waals surface area contributed by atoms with Crippen molar-refractivity contribution in [2.75, 3.05) is 19.7 Å². The lowest BCUT2D eigenvalue weighted by atomic mass is 9.42. The summed E-state index contributed by atoms with van der Waals surface area (Å²) < 4.78 is 5.35. The van der Waals surface area contributed by atoms with Crippen LogP contribution in [0.5, 0.6) is 0 Å². The highest BCUT2D eigenvalue weighted by Crippen LogP contribution is 2.66. The first-order valence-corrected chi connectivity index (χ1v) is 10.6. The molecule has 4 bridgehead atoms. The maximum atomic E-state index is 13.7. The summed E-state index contributed by atoms with van der Waals surface area (Å²) in [4.78, 5) is 26.9. The topological polar surface area (TPSA) is 66.8 Å². The molecule has 1 heterocycles. The van der Waals surface area contributed by atoms with Crippen molar-refractivity contribution in [2.45, 2.75) is 57.0 Å². The second-order valence-corrected chi connectivity index (χ2v) is 9.84. The molecule has 4 saturated carbocycles. The van der Waals surface area contributed by atoms with Crippen molar-refractivity contribution in [3.63, 3.8) is 0 Å². The first kappa shape index (κ1) is 18.2. The number of rotatable bonds is 3. The van der Waals surface area contributed by atoms with Crippen LogP contribution < -0.4 is 0 Å². The number of aliphatic carboxylic acids is 1. The van der Waals surface area contributed by atoms with Gasteiger partial charge in [0.1, 0.15) is 0 Å². The fourth-order valence-electron chi connectivity index (χ4n) is 7.08. The van der Waals surface area contributed by atoms with Crippen LogP contribution in [0.1, 0.15) is 49.7 Å². The lowest BCUT2D eigenvalue weighted by Gasteiger charge is -2.62. The molecule has 5 aliphatic rings. The molecule has 5 nitrogen and oxygen atoms in total. The molecule has 1 aliphatic heterocycles. The Bertz CT molecular complexity index is 787. The summed E-state index contributed by atoms with van der Waals surface area (Å²) in [6.07, 6.45) is 5.63. The first-order valence-electron chi connectivity index (χ1n) is 10.6. The zero-order valence-corrected chi connectivity index (χ0v) is 16.5. The minimum Gasteiger partial charge on any atom is -0.479 e. The van der Waals surface area contributed by atoms with E-state index >= 15 is 0 Å². The fourth-order valence-corrected chi connectivity index (χ4v) is 7.08. The molecule has 150 valence electrons. The second-order valence-electron chi connectivity index (χ2n) is 9.84. The van der Waals surface area contributed by atoms with Crippen LogP contribution in [-0.2, 0) is 19.7 Å². The van der Waals surface area contributed by atoms with E-state index in [4.69, 9.17) is 4.74 Å². The molecule has 6 rings (SSSR count). The number of aryl methyl sites for hydroxylation is 1. The number of carbonyl (C=O) groups is 2. The Balaban J connectivity index is 1.45. The Kier molecular flexibility index (Phi) is 4.10. The van der Waals surface area contributed by atoms with Gasteiger partial charge in [-0.3, -0.25) is 4.79 Å². The lowest BCUT2D eigenvalue weighted by Crippen LogP contribution is -2.61. The lowest BCUT2D eigenvalue weighted by molar-refractivity contribution is -0.172. The first-order chi connectivity index (χ1) is 13.4. The Morgan fingerprint density at radius 1 is 1.11 bits per heavy atom. The molecule has 0 aromatic heterocycles. The van der Waals surface area contributed by atoms with Gasteiger partial charge in [0, 0.05) is 6.54 Å². The van der Waals surface area contributed by atoms with Crippen LogP contribution in [0.4, 0.5) is 0 Å². The third-order valence-corrected chi connectivity index (χ3v) is 7.81. The molecular weight excluding hydrogens is 354 g/mol. The van der Waals surface area contributed by atoms with Crippen molar-refractivity contribution in [1.29, 1.82) is 0 Å². The summed E-state index contributed by atoms with van der Waals surface area (Å²) in [6.45, 7) is 3.13. The highest BCUT2D eigenvalue weighted by atomic mass is 16.5. The van der Waals surface area contributed by atoms with Crippen molar-refractivity contribution < 1.29 is 19.4 Å². The van der Waals surface area contributed by atoms with Gasteiger partial charge in [0.2, 0.25) is 5.91 Å². The van der Waals surface area contributed by atoms with Gasteiger partial charge in [0.15, 0.2) is 6.10 Å². The molecular formula is C23H29NO4. The molecule has 1 aromatic rings. The summed E-state index contributed by atoms with van der Waals surface area (Å²) in [7, 11) is 0. The van der Waals surface area contributed by atoms with Gasteiger partial charge in [0.05, 0.1) is 18.6 Å². The van der Waals surface area contributed by atoms with E-state index < -0.39 is 12.1 Å². The normalized spacial score (nSPS) is 39.2. The molecule has 1 saturated heterocycles. The van der Waals surface area contributed by atoms with Gasteiger partial charge in [-0.1, -0.05) is 29.8 Å². The summed E-state index contributed by atoms with van der Waals surface area (Å²) in [5.41, 5.74) is 2.48. The van der Waals surface area contributed by atoms with E-state index in [1.54, 1.807) is 4.90 Å². The number of nitrogens with zero attached hydrogens (tertiary/aromatic N) is 1. The van der Waals surface area contributed by atoms with Gasteiger partial charge in [0.25, 0.3) is 0 Å². The van der Waals surface area contributed by atoms with E-state index in [2.05, 4.69) is 31.2 Å². The van der Waals surface area contributed by atoms with Crippen LogP contribution in [0.25, 0.3) is 0 Å². The fraction of sp³-hybridized carbons (Fsp3) is 0.652. The highest BCUT2D eigenvalue weighted by molar-refractivity contribution is 5.85. The average molecular weight is 383 g/mol. The molecule has 5 heteroatoms. The number of hydrogen-bond donors (Lipinski definition) is 1. The van der Waals surface area contributed by atoms with E-state index in [0.717, 1.165) is 19.3 Å². The second kappa shape index (κ2) is 6.31. The van der Waals surface area contributed by atoms with Gasteiger partial charge in [-0.05, 0) is 68.3 Å². The summed E-state index contributed by atoms with van der Waals surface area (Å²) in [6, 6.07) is 8.94. The van der Waals surface area contributed by atoms with Gasteiger partial charge in [-0.25, -0.2) is 4.79 Å². The molecule has 28 heavy (non-hydrogen) atoms. The monoisotopic (exact) mass is 383 g/mol. The number of morpholine rings is 1. The predicted molar refractivity (Wildman–Crippen MR) is 104 cm³/mol. The third kappa shape index (κ3) is 2.78. The number of carbonyl (C=O) groups excluding carboxylic acids is 1. The Hall–Kier alpha value is -1.88. The molecule has 0 radical (unpaired) electrons. The largest absolute Gasteiger partial charge is 0.479 e. The molecule has 1 aromatic carbocycles. The SMILES string of the molecule is Cc1ccc(C23CC4CC(CC(C(=O)N5CCOC(C(=O)O)C5)(C4)C2)C3)cc1. The quantitative estimate of drug-likeness (QED) is 0.871. The van der Waals surface area contributed by atoms with Gasteiger partial charge < -0.3 is 14.7 Å². The number of hydrogen-bond acceptors (Lipinski definition) is 3. The smallest absolute Gasteiger partial charge is 0.334 e. The highest BCUT2D eigenvalue weighted by Gasteiger charge is 2.61. The zero-order valence-electron chi connectivity index (χ0n) is 16.5. The van der Waals surface area contributed by atoms with Crippen molar-refractivity contribution >= 4 is 11.9 Å². The van der Waals surface area contributed by atoms with Gasteiger partial charge in [-0.15, -0.1) is 0 Å². The number of carboxylic acids is 1. The standard InChI is InChI=1S/C23H29NO4/c1-15-2-4-18(5-3-15)22-9-16-8-17(10-22)12-23(11-16,14-22)21(27)24-6-7-28-19(13-24)20(25)26/h2-5,16-17,19H,6-14H2,1H3,(H,25,26). The Morgan fingerprint density at radius 2 is 1.79 bits per heavy atom. The molecule has 4 aliphatic carbocycles. The van der Waals surface area contributed by atoms with Gasteiger partial charge >= 0.3 is 5.97 Å². The van der Waals surface area contributed by atoms with Crippen LogP contribution in [0.2, 0.25) is 0 Å². The van der Waals surface area contributed by atoms with Crippen LogP contribution >= 0.6 is 0 Å². The number of benzene rings is 1. The molecule has 1 amide bonds. The summed E-state index contributed by atoms with van der Waals surface area (Å²) >= 11 is 0. The van der Waals surface area contributed by atoms with Crippen LogP contribution in [0, 0.1) is 24.2 Å². The Morgan fingerprint density at radius 3 is 2.43 bits per heavy atom. The average Bonchev–Trinajstić information content (AvgIpc) is 2.67. The number of carboxylic acid groups (broad SMARTS) is 1. The molecule has 1 N–H and O–H groups in total. The van der Waals surface area contributed by atoms with Crippen LogP contribution in [0.3, 0.4) is 0 Å². The van der Waals surface area contributed by atoms with Crippen molar-refractivity contribution in [2.24, 2.45) is 17.3 Å². The maximum Gasteiger partial charge on any atom is 0.334 e. The molecule has 3 atom stereocenters. The summed E-state index contributed by atoms with van der Waals surface area (Å²) in [5, 5.41) is 9.32. The van der Waals surface area contributed by atoms with E-state index in [1.807, 2.05) is 0 Å². The third-order valence-electron chi connectivity index (χ3n) is 7.81. The van der Waals surface area contributed by atoms with E-state index in [1.165, 1.54) is 30.4 Å². The summed E-state index contributed by atoms with van der Waals surface area (Å²) in [5.74, 6) is 0.442. The van der Waals surface area contributed by atoms with Crippen molar-refractivity contribution in [1.82, 2.24) is 4.90 Å². The van der Waals surface area contributed by atoms with Crippen LogP contribution in [0.15, 0.2) is 24.3 Å². The Labute approximate surface area is 166 Å². The molecule has 5 fully saturated rings. The van der Waals surface area contributed by atoms with E-state index in [0.29, 0.717) is 25.0 Å².